The number of hydrogen-bond acceptors (Lipinski definition) is 6. The number of amides is 1. The summed E-state index contributed by atoms with van der Waals surface area (Å²) in [7, 11) is -3.70. The summed E-state index contributed by atoms with van der Waals surface area (Å²) in [5.41, 5.74) is -0.591. The number of carbonyl (C=O) groups excluding carboxylic acids is 1. The molecule has 1 aromatic heterocycles. The van der Waals surface area contributed by atoms with Gasteiger partial charge in [0, 0.05) is 12.0 Å². The molecule has 0 saturated heterocycles. The van der Waals surface area contributed by atoms with E-state index in [1.807, 2.05) is 0 Å². The van der Waals surface area contributed by atoms with Crippen molar-refractivity contribution in [1.29, 1.82) is 0 Å². The van der Waals surface area contributed by atoms with Gasteiger partial charge in [0.15, 0.2) is 0 Å². The van der Waals surface area contributed by atoms with Crippen molar-refractivity contribution in [2.24, 2.45) is 5.41 Å². The maximum absolute atomic E-state index is 11.7. The van der Waals surface area contributed by atoms with Crippen molar-refractivity contribution in [3.63, 3.8) is 0 Å². The minimum absolute atomic E-state index is 0.103. The Morgan fingerprint density at radius 1 is 1.42 bits per heavy atom. The van der Waals surface area contributed by atoms with Gasteiger partial charge in [0.25, 0.3) is 10.0 Å². The minimum Gasteiger partial charge on any atom is -0.300 e. The van der Waals surface area contributed by atoms with E-state index >= 15 is 0 Å². The molecule has 1 amide bonds. The van der Waals surface area contributed by atoms with E-state index in [2.05, 4.69) is 26.8 Å². The molecule has 0 radical (unpaired) electrons. The molecule has 0 aliphatic rings. The van der Waals surface area contributed by atoms with Gasteiger partial charge in [0.05, 0.1) is 0 Å². The van der Waals surface area contributed by atoms with Crippen LogP contribution in [-0.2, 0) is 14.8 Å². The highest BCUT2D eigenvalue weighted by Gasteiger charge is 2.24. The van der Waals surface area contributed by atoms with E-state index in [9.17, 15) is 13.2 Å². The Morgan fingerprint density at radius 3 is 2.58 bits per heavy atom. The van der Waals surface area contributed by atoms with Crippen molar-refractivity contribution in [1.82, 2.24) is 14.9 Å². The molecule has 0 aromatic carbocycles. The van der Waals surface area contributed by atoms with Crippen molar-refractivity contribution < 1.29 is 13.2 Å². The molecular weight excluding hydrogens is 288 g/mol. The van der Waals surface area contributed by atoms with Crippen LogP contribution < -0.4 is 10.0 Å². The van der Waals surface area contributed by atoms with Gasteiger partial charge < -0.3 is 5.32 Å². The number of hydrogen-bond donors (Lipinski definition) is 2. The maximum Gasteiger partial charge on any atom is 0.270 e. The molecular formula is C10H16N4O3S2. The third-order valence-corrected chi connectivity index (χ3v) is 4.59. The molecule has 2 N–H and O–H groups in total. The monoisotopic (exact) mass is 304 g/mol. The molecule has 1 aromatic rings. The van der Waals surface area contributed by atoms with Gasteiger partial charge in [0.1, 0.15) is 0 Å². The molecule has 19 heavy (non-hydrogen) atoms. The summed E-state index contributed by atoms with van der Waals surface area (Å²) in [4.78, 5) is 11.7. The molecule has 7 nitrogen and oxygen atoms in total. The first-order valence-corrected chi connectivity index (χ1v) is 7.72. The second kappa shape index (κ2) is 5.76. The van der Waals surface area contributed by atoms with E-state index in [0.29, 0.717) is 0 Å². The Balaban J connectivity index is 2.83. The van der Waals surface area contributed by atoms with Crippen LogP contribution in [0.5, 0.6) is 0 Å². The smallest absolute Gasteiger partial charge is 0.270 e. The molecule has 1 rings (SSSR count). The summed E-state index contributed by atoms with van der Waals surface area (Å²) in [6.45, 7) is 8.74. The summed E-state index contributed by atoms with van der Waals surface area (Å²) in [5, 5.41) is 9.86. The quantitative estimate of drug-likeness (QED) is 0.624. The molecule has 0 aliphatic carbocycles. The predicted molar refractivity (Wildman–Crippen MR) is 73.4 cm³/mol. The Kier molecular flexibility index (Phi) is 4.77. The molecule has 0 bridgehead atoms. The SMILES string of the molecule is C=CCNS(=O)(=O)c1nnc(NC(=O)C(C)(C)C)s1. The highest BCUT2D eigenvalue weighted by atomic mass is 32.2. The van der Waals surface area contributed by atoms with Crippen LogP contribution in [0.25, 0.3) is 0 Å². The summed E-state index contributed by atoms with van der Waals surface area (Å²) in [6, 6.07) is 0. The summed E-state index contributed by atoms with van der Waals surface area (Å²) >= 11 is 0.796. The Labute approximate surface area is 116 Å². The van der Waals surface area contributed by atoms with E-state index in [4.69, 9.17) is 0 Å². The van der Waals surface area contributed by atoms with Gasteiger partial charge in [-0.25, -0.2) is 13.1 Å². The third kappa shape index (κ3) is 4.37. The lowest BCUT2D eigenvalue weighted by atomic mass is 9.96. The first kappa shape index (κ1) is 15.7. The van der Waals surface area contributed by atoms with E-state index in [1.54, 1.807) is 20.8 Å². The molecule has 0 unspecified atom stereocenters. The average Bonchev–Trinajstić information content (AvgIpc) is 2.74. The molecule has 0 fully saturated rings. The first-order valence-electron chi connectivity index (χ1n) is 5.42. The first-order chi connectivity index (χ1) is 8.66. The number of carbonyl (C=O) groups is 1. The van der Waals surface area contributed by atoms with E-state index in [-0.39, 0.29) is 21.9 Å². The van der Waals surface area contributed by atoms with Gasteiger partial charge in [-0.1, -0.05) is 38.2 Å². The van der Waals surface area contributed by atoms with Crippen LogP contribution in [0.15, 0.2) is 17.0 Å². The van der Waals surface area contributed by atoms with E-state index in [1.165, 1.54) is 6.08 Å². The van der Waals surface area contributed by atoms with Crippen LogP contribution in [0.3, 0.4) is 0 Å². The summed E-state index contributed by atoms with van der Waals surface area (Å²) < 4.78 is 25.5. The summed E-state index contributed by atoms with van der Waals surface area (Å²) in [6.07, 6.45) is 1.42. The largest absolute Gasteiger partial charge is 0.300 e. The summed E-state index contributed by atoms with van der Waals surface area (Å²) in [5.74, 6) is -0.258. The molecule has 0 aliphatic heterocycles. The zero-order valence-corrected chi connectivity index (χ0v) is 12.6. The van der Waals surface area contributed by atoms with Gasteiger partial charge in [-0.05, 0) is 0 Å². The van der Waals surface area contributed by atoms with Gasteiger partial charge in [-0.2, -0.15) is 0 Å². The molecule has 1 heterocycles. The Morgan fingerprint density at radius 2 is 2.05 bits per heavy atom. The number of sulfonamides is 1. The normalized spacial score (nSPS) is 12.2. The molecule has 106 valence electrons. The van der Waals surface area contributed by atoms with Crippen LogP contribution >= 0.6 is 11.3 Å². The van der Waals surface area contributed by atoms with Gasteiger partial charge in [0.2, 0.25) is 15.4 Å². The lowest BCUT2D eigenvalue weighted by Crippen LogP contribution is -2.27. The lowest BCUT2D eigenvalue weighted by Gasteiger charge is -2.15. The van der Waals surface area contributed by atoms with Gasteiger partial charge >= 0.3 is 0 Å². The van der Waals surface area contributed by atoms with Crippen LogP contribution in [0.1, 0.15) is 20.8 Å². The van der Waals surface area contributed by atoms with Gasteiger partial charge in [-0.15, -0.1) is 16.8 Å². The predicted octanol–water partition coefficient (Wildman–Crippen LogP) is 0.987. The second-order valence-electron chi connectivity index (χ2n) is 4.72. The zero-order chi connectivity index (χ0) is 14.7. The highest BCUT2D eigenvalue weighted by Crippen LogP contribution is 2.22. The molecule has 0 atom stereocenters. The number of aromatic nitrogens is 2. The van der Waals surface area contributed by atoms with E-state index < -0.39 is 15.4 Å². The average molecular weight is 304 g/mol. The van der Waals surface area contributed by atoms with Crippen LogP contribution in [0.2, 0.25) is 0 Å². The fourth-order valence-corrected chi connectivity index (χ4v) is 2.82. The lowest BCUT2D eigenvalue weighted by molar-refractivity contribution is -0.123. The highest BCUT2D eigenvalue weighted by molar-refractivity contribution is 7.91. The number of nitrogens with one attached hydrogen (secondary N) is 2. The topological polar surface area (TPSA) is 101 Å². The fraction of sp³-hybridized carbons (Fsp3) is 0.500. The third-order valence-electron chi connectivity index (χ3n) is 1.96. The Hall–Kier alpha value is -1.32. The van der Waals surface area contributed by atoms with Crippen LogP contribution in [-0.4, -0.2) is 31.1 Å². The van der Waals surface area contributed by atoms with Crippen molar-refractivity contribution in [2.45, 2.75) is 25.1 Å². The number of nitrogens with zero attached hydrogens (tertiary/aromatic N) is 2. The number of rotatable bonds is 5. The molecule has 0 saturated carbocycles. The zero-order valence-electron chi connectivity index (χ0n) is 10.9. The van der Waals surface area contributed by atoms with Crippen LogP contribution in [0.4, 0.5) is 5.13 Å². The minimum atomic E-state index is -3.70. The van der Waals surface area contributed by atoms with Crippen molar-refractivity contribution in [2.75, 3.05) is 11.9 Å². The maximum atomic E-state index is 11.7. The standard InChI is InChI=1S/C10H16N4O3S2/c1-5-6-11-19(16,17)9-14-13-8(18-9)12-7(15)10(2,3)4/h5,11H,1,6H2,2-4H3,(H,12,13,15). The Bertz CT molecular complexity index is 572. The fourth-order valence-electron chi connectivity index (χ4n) is 0.884. The van der Waals surface area contributed by atoms with Crippen LogP contribution in [0, 0.1) is 5.41 Å². The van der Waals surface area contributed by atoms with Crippen molar-refractivity contribution in [3.8, 4) is 0 Å². The van der Waals surface area contributed by atoms with Crippen molar-refractivity contribution in [3.05, 3.63) is 12.7 Å². The van der Waals surface area contributed by atoms with Crippen molar-refractivity contribution >= 4 is 32.4 Å². The van der Waals surface area contributed by atoms with Gasteiger partial charge in [-0.3, -0.25) is 4.79 Å². The van der Waals surface area contributed by atoms with E-state index in [0.717, 1.165) is 11.3 Å². The number of anilines is 1. The molecule has 9 heteroatoms. The molecule has 0 spiro atoms. The second-order valence-corrected chi connectivity index (χ2v) is 7.64.